The molecule has 1 aromatic heterocycles. The van der Waals surface area contributed by atoms with E-state index in [2.05, 4.69) is 28.6 Å². The molecule has 2 N–H and O–H groups in total. The van der Waals surface area contributed by atoms with Gasteiger partial charge in [0, 0.05) is 22.8 Å². The Morgan fingerprint density at radius 3 is 2.74 bits per heavy atom. The SMILES string of the molecule is CCc1c(C)nc2ccccc2c1NCC(=O)NC1CCCC1. The highest BCUT2D eigenvalue weighted by molar-refractivity contribution is 5.95. The van der Waals surface area contributed by atoms with E-state index in [4.69, 9.17) is 0 Å². The molecule has 4 heteroatoms. The summed E-state index contributed by atoms with van der Waals surface area (Å²) < 4.78 is 0. The molecule has 0 atom stereocenters. The number of nitrogens with one attached hydrogen (secondary N) is 2. The number of fused-ring (bicyclic) bond motifs is 1. The zero-order chi connectivity index (χ0) is 16.2. The predicted molar refractivity (Wildman–Crippen MR) is 94.7 cm³/mol. The number of nitrogens with zero attached hydrogens (tertiary/aromatic N) is 1. The molecule has 2 aromatic rings. The number of pyridine rings is 1. The van der Waals surface area contributed by atoms with Crippen molar-refractivity contribution in [1.29, 1.82) is 0 Å². The van der Waals surface area contributed by atoms with Crippen LogP contribution in [0.2, 0.25) is 0 Å². The van der Waals surface area contributed by atoms with E-state index in [1.807, 2.05) is 25.1 Å². The maximum atomic E-state index is 12.2. The number of aryl methyl sites for hydroxylation is 1. The maximum absolute atomic E-state index is 12.2. The molecule has 0 bridgehead atoms. The van der Waals surface area contributed by atoms with Gasteiger partial charge in [0.15, 0.2) is 0 Å². The van der Waals surface area contributed by atoms with Gasteiger partial charge < -0.3 is 10.6 Å². The Morgan fingerprint density at radius 2 is 2.00 bits per heavy atom. The second-order valence-corrected chi connectivity index (χ2v) is 6.32. The van der Waals surface area contributed by atoms with Crippen molar-refractivity contribution in [2.45, 2.75) is 52.0 Å². The third-order valence-corrected chi connectivity index (χ3v) is 4.70. The molecule has 1 aromatic carbocycles. The van der Waals surface area contributed by atoms with E-state index in [1.165, 1.54) is 18.4 Å². The summed E-state index contributed by atoms with van der Waals surface area (Å²) in [5, 5.41) is 7.59. The summed E-state index contributed by atoms with van der Waals surface area (Å²) in [6.07, 6.45) is 5.59. The van der Waals surface area contributed by atoms with Crippen LogP contribution in [-0.4, -0.2) is 23.5 Å². The van der Waals surface area contributed by atoms with E-state index in [0.717, 1.165) is 41.5 Å². The number of aromatic nitrogens is 1. The summed E-state index contributed by atoms with van der Waals surface area (Å²) in [7, 11) is 0. The molecule has 0 unspecified atom stereocenters. The van der Waals surface area contributed by atoms with Crippen LogP contribution in [0.25, 0.3) is 10.9 Å². The number of carbonyl (C=O) groups excluding carboxylic acids is 1. The zero-order valence-electron chi connectivity index (χ0n) is 14.0. The van der Waals surface area contributed by atoms with Crippen molar-refractivity contribution < 1.29 is 4.79 Å². The lowest BCUT2D eigenvalue weighted by Gasteiger charge is -2.17. The van der Waals surface area contributed by atoms with Crippen molar-refractivity contribution in [3.05, 3.63) is 35.5 Å². The monoisotopic (exact) mass is 311 g/mol. The number of hydrogen-bond acceptors (Lipinski definition) is 3. The first-order valence-corrected chi connectivity index (χ1v) is 8.60. The Kier molecular flexibility index (Phi) is 4.79. The topological polar surface area (TPSA) is 54.0 Å². The van der Waals surface area contributed by atoms with Gasteiger partial charge in [0.2, 0.25) is 5.91 Å². The van der Waals surface area contributed by atoms with Gasteiger partial charge in [-0.2, -0.15) is 0 Å². The predicted octanol–water partition coefficient (Wildman–Crippen LogP) is 3.58. The van der Waals surface area contributed by atoms with Crippen molar-refractivity contribution in [2.75, 3.05) is 11.9 Å². The average molecular weight is 311 g/mol. The van der Waals surface area contributed by atoms with E-state index >= 15 is 0 Å². The molecule has 1 fully saturated rings. The van der Waals surface area contributed by atoms with Crippen LogP contribution in [0.5, 0.6) is 0 Å². The first kappa shape index (κ1) is 15.8. The minimum Gasteiger partial charge on any atom is -0.375 e. The maximum Gasteiger partial charge on any atom is 0.239 e. The molecule has 1 saturated carbocycles. The summed E-state index contributed by atoms with van der Waals surface area (Å²) in [5.74, 6) is 0.0810. The smallest absolute Gasteiger partial charge is 0.239 e. The number of anilines is 1. The minimum atomic E-state index is 0.0810. The van der Waals surface area contributed by atoms with Crippen molar-refractivity contribution >= 4 is 22.5 Å². The summed E-state index contributed by atoms with van der Waals surface area (Å²) in [5.41, 5.74) is 4.25. The van der Waals surface area contributed by atoms with Crippen LogP contribution < -0.4 is 10.6 Å². The van der Waals surface area contributed by atoms with Gasteiger partial charge >= 0.3 is 0 Å². The first-order valence-electron chi connectivity index (χ1n) is 8.60. The van der Waals surface area contributed by atoms with Gasteiger partial charge in [0.1, 0.15) is 0 Å². The Bertz CT molecular complexity index is 705. The molecular weight excluding hydrogens is 286 g/mol. The van der Waals surface area contributed by atoms with E-state index < -0.39 is 0 Å². The van der Waals surface area contributed by atoms with Crippen LogP contribution in [0, 0.1) is 6.92 Å². The average Bonchev–Trinajstić information content (AvgIpc) is 3.05. The van der Waals surface area contributed by atoms with Gasteiger partial charge in [-0.15, -0.1) is 0 Å². The standard InChI is InChI=1S/C19H25N3O/c1-3-15-13(2)21-17-11-7-6-10-16(17)19(15)20-12-18(23)22-14-8-4-5-9-14/h6-7,10-11,14H,3-5,8-9,12H2,1-2H3,(H,20,21)(H,22,23). The Hall–Kier alpha value is -2.10. The number of para-hydroxylation sites is 1. The fourth-order valence-corrected chi connectivity index (χ4v) is 3.53. The summed E-state index contributed by atoms with van der Waals surface area (Å²) in [6.45, 7) is 4.48. The van der Waals surface area contributed by atoms with Crippen LogP contribution in [0.3, 0.4) is 0 Å². The molecular formula is C19H25N3O. The van der Waals surface area contributed by atoms with Gasteiger partial charge in [0.05, 0.1) is 12.1 Å². The molecule has 1 aliphatic rings. The van der Waals surface area contributed by atoms with Gasteiger partial charge in [-0.05, 0) is 37.8 Å². The molecule has 0 radical (unpaired) electrons. The lowest BCUT2D eigenvalue weighted by atomic mass is 10.0. The molecule has 122 valence electrons. The van der Waals surface area contributed by atoms with E-state index in [-0.39, 0.29) is 5.91 Å². The minimum absolute atomic E-state index is 0.0810. The highest BCUT2D eigenvalue weighted by atomic mass is 16.1. The fourth-order valence-electron chi connectivity index (χ4n) is 3.53. The fraction of sp³-hybridized carbons (Fsp3) is 0.474. The largest absolute Gasteiger partial charge is 0.375 e. The number of carbonyl (C=O) groups is 1. The van der Waals surface area contributed by atoms with Crippen molar-refractivity contribution in [3.63, 3.8) is 0 Å². The molecule has 1 heterocycles. The lowest BCUT2D eigenvalue weighted by Crippen LogP contribution is -2.36. The number of benzene rings is 1. The molecule has 1 amide bonds. The quantitative estimate of drug-likeness (QED) is 0.887. The molecule has 0 spiro atoms. The number of hydrogen-bond donors (Lipinski definition) is 2. The summed E-state index contributed by atoms with van der Waals surface area (Å²) in [4.78, 5) is 16.9. The Labute approximate surface area is 137 Å². The number of rotatable bonds is 5. The van der Waals surface area contributed by atoms with E-state index in [1.54, 1.807) is 0 Å². The highest BCUT2D eigenvalue weighted by Gasteiger charge is 2.17. The first-order chi connectivity index (χ1) is 11.2. The van der Waals surface area contributed by atoms with Gasteiger partial charge in [0.25, 0.3) is 0 Å². The second-order valence-electron chi connectivity index (χ2n) is 6.32. The molecule has 0 aliphatic heterocycles. The lowest BCUT2D eigenvalue weighted by molar-refractivity contribution is -0.120. The molecule has 4 nitrogen and oxygen atoms in total. The van der Waals surface area contributed by atoms with Crippen LogP contribution in [0.15, 0.2) is 24.3 Å². The molecule has 23 heavy (non-hydrogen) atoms. The van der Waals surface area contributed by atoms with Gasteiger partial charge in [-0.25, -0.2) is 0 Å². The summed E-state index contributed by atoms with van der Waals surface area (Å²) in [6, 6.07) is 8.47. The zero-order valence-corrected chi connectivity index (χ0v) is 14.0. The second kappa shape index (κ2) is 6.99. The van der Waals surface area contributed by atoms with Crippen LogP contribution in [0.1, 0.15) is 43.9 Å². The Balaban J connectivity index is 1.79. The Morgan fingerprint density at radius 1 is 1.26 bits per heavy atom. The van der Waals surface area contributed by atoms with Gasteiger partial charge in [-0.3, -0.25) is 9.78 Å². The van der Waals surface area contributed by atoms with Crippen LogP contribution in [-0.2, 0) is 11.2 Å². The third-order valence-electron chi connectivity index (χ3n) is 4.70. The van der Waals surface area contributed by atoms with E-state index in [0.29, 0.717) is 12.6 Å². The third kappa shape index (κ3) is 3.46. The van der Waals surface area contributed by atoms with Gasteiger partial charge in [-0.1, -0.05) is 38.0 Å². The van der Waals surface area contributed by atoms with E-state index in [9.17, 15) is 4.79 Å². The van der Waals surface area contributed by atoms with Crippen molar-refractivity contribution in [3.8, 4) is 0 Å². The molecule has 1 aliphatic carbocycles. The van der Waals surface area contributed by atoms with Crippen LogP contribution in [0.4, 0.5) is 5.69 Å². The van der Waals surface area contributed by atoms with Crippen LogP contribution >= 0.6 is 0 Å². The summed E-state index contributed by atoms with van der Waals surface area (Å²) >= 11 is 0. The highest BCUT2D eigenvalue weighted by Crippen LogP contribution is 2.28. The van der Waals surface area contributed by atoms with Crippen molar-refractivity contribution in [2.24, 2.45) is 0 Å². The molecule has 0 saturated heterocycles. The number of amides is 1. The normalized spacial score (nSPS) is 15.0. The molecule has 3 rings (SSSR count). The van der Waals surface area contributed by atoms with Crippen molar-refractivity contribution in [1.82, 2.24) is 10.3 Å².